The first-order chi connectivity index (χ1) is 13.3. The highest BCUT2D eigenvalue weighted by Gasteiger charge is 2.16. The van der Waals surface area contributed by atoms with Gasteiger partial charge >= 0.3 is 0 Å². The van der Waals surface area contributed by atoms with Gasteiger partial charge in [-0.15, -0.1) is 24.0 Å². The van der Waals surface area contributed by atoms with E-state index in [9.17, 15) is 12.8 Å². The van der Waals surface area contributed by atoms with Gasteiger partial charge in [-0.3, -0.25) is 4.99 Å². The molecule has 0 radical (unpaired) electrons. The van der Waals surface area contributed by atoms with Gasteiger partial charge in [0, 0.05) is 26.7 Å². The van der Waals surface area contributed by atoms with Crippen molar-refractivity contribution in [2.75, 3.05) is 26.7 Å². The summed E-state index contributed by atoms with van der Waals surface area (Å²) < 4.78 is 40.7. The van der Waals surface area contributed by atoms with Crippen molar-refractivity contribution < 1.29 is 12.8 Å². The fraction of sp³-hybridized carbons (Fsp3) is 0.350. The molecule has 0 amide bonds. The van der Waals surface area contributed by atoms with Gasteiger partial charge in [-0.2, -0.15) is 0 Å². The molecule has 0 saturated carbocycles. The van der Waals surface area contributed by atoms with Gasteiger partial charge in [-0.1, -0.05) is 24.3 Å². The minimum atomic E-state index is -3.56. The number of halogens is 2. The Morgan fingerprint density at radius 2 is 1.76 bits per heavy atom. The highest BCUT2D eigenvalue weighted by atomic mass is 127. The summed E-state index contributed by atoms with van der Waals surface area (Å²) in [6.45, 7) is 4.82. The Hall–Kier alpha value is -1.72. The molecular formula is C20H28FIN4O2S. The van der Waals surface area contributed by atoms with E-state index < -0.39 is 10.0 Å². The largest absolute Gasteiger partial charge is 0.356 e. The average molecular weight is 534 g/mol. The molecule has 0 fully saturated rings. The summed E-state index contributed by atoms with van der Waals surface area (Å²) in [5, 5.41) is 6.18. The highest BCUT2D eigenvalue weighted by Crippen LogP contribution is 2.16. The summed E-state index contributed by atoms with van der Waals surface area (Å²) in [4.78, 5) is 4.39. The molecule has 2 rings (SSSR count). The van der Waals surface area contributed by atoms with Crippen molar-refractivity contribution in [2.24, 2.45) is 4.99 Å². The summed E-state index contributed by atoms with van der Waals surface area (Å²) >= 11 is 0. The van der Waals surface area contributed by atoms with Crippen molar-refractivity contribution >= 4 is 40.0 Å². The van der Waals surface area contributed by atoms with Crippen LogP contribution in [0.4, 0.5) is 4.39 Å². The summed E-state index contributed by atoms with van der Waals surface area (Å²) in [6, 6.07) is 11.8. The molecule has 0 unspecified atom stereocenters. The molecule has 0 aliphatic rings. The summed E-state index contributed by atoms with van der Waals surface area (Å²) in [5.41, 5.74) is 2.50. The van der Waals surface area contributed by atoms with Crippen molar-refractivity contribution in [1.29, 1.82) is 0 Å². The van der Waals surface area contributed by atoms with Gasteiger partial charge in [-0.05, 0) is 55.2 Å². The lowest BCUT2D eigenvalue weighted by atomic mass is 10.1. The predicted molar refractivity (Wildman–Crippen MR) is 126 cm³/mol. The first-order valence-electron chi connectivity index (χ1n) is 9.07. The Morgan fingerprint density at radius 1 is 1.03 bits per heavy atom. The van der Waals surface area contributed by atoms with Crippen LogP contribution in [0.3, 0.4) is 0 Å². The lowest BCUT2D eigenvalue weighted by molar-refractivity contribution is 0.579. The topological polar surface area (TPSA) is 82.6 Å². The van der Waals surface area contributed by atoms with E-state index in [-0.39, 0.29) is 36.3 Å². The molecule has 2 aromatic carbocycles. The Balaban J connectivity index is 0.00000420. The van der Waals surface area contributed by atoms with Gasteiger partial charge in [0.05, 0.1) is 4.90 Å². The average Bonchev–Trinajstić information content (AvgIpc) is 2.65. The molecule has 0 spiro atoms. The minimum Gasteiger partial charge on any atom is -0.356 e. The molecular weight excluding hydrogens is 506 g/mol. The van der Waals surface area contributed by atoms with Crippen LogP contribution < -0.4 is 15.4 Å². The SMILES string of the molecule is CN=C(NCCNS(=O)(=O)c1cc(C)ccc1C)NCCc1cccc(F)c1.I. The standard InChI is InChI=1S/C20H27FN4O2S.HI/c1-15-7-8-16(2)19(13-15)28(26,27)25-12-11-24-20(22-3)23-10-9-17-5-4-6-18(21)14-17;/h4-8,13-14,25H,9-12H2,1-3H3,(H2,22,23,24);1H. The minimum absolute atomic E-state index is 0. The van der Waals surface area contributed by atoms with E-state index in [0.717, 1.165) is 11.1 Å². The molecule has 2 aromatic rings. The molecule has 0 atom stereocenters. The number of aryl methyl sites for hydroxylation is 2. The van der Waals surface area contributed by atoms with E-state index in [4.69, 9.17) is 0 Å². The van der Waals surface area contributed by atoms with Crippen LogP contribution in [0.2, 0.25) is 0 Å². The van der Waals surface area contributed by atoms with Crippen molar-refractivity contribution in [3.63, 3.8) is 0 Å². The maximum Gasteiger partial charge on any atom is 0.240 e. The zero-order valence-electron chi connectivity index (χ0n) is 16.8. The smallest absolute Gasteiger partial charge is 0.240 e. The zero-order valence-corrected chi connectivity index (χ0v) is 20.0. The van der Waals surface area contributed by atoms with Crippen molar-refractivity contribution in [3.05, 3.63) is 65.0 Å². The summed E-state index contributed by atoms with van der Waals surface area (Å²) in [7, 11) is -1.92. The molecule has 0 aliphatic heterocycles. The van der Waals surface area contributed by atoms with Crippen LogP contribution in [0.1, 0.15) is 16.7 Å². The number of hydrogen-bond acceptors (Lipinski definition) is 3. The molecule has 160 valence electrons. The summed E-state index contributed by atoms with van der Waals surface area (Å²) in [5.74, 6) is 0.304. The van der Waals surface area contributed by atoms with Gasteiger partial charge < -0.3 is 10.6 Å². The normalized spacial score (nSPS) is 11.7. The number of hydrogen-bond donors (Lipinski definition) is 3. The van der Waals surface area contributed by atoms with E-state index >= 15 is 0 Å². The third kappa shape index (κ3) is 8.27. The van der Waals surface area contributed by atoms with Crippen LogP contribution in [0.25, 0.3) is 0 Å². The third-order valence-corrected chi connectivity index (χ3v) is 5.76. The Labute approximate surface area is 189 Å². The van der Waals surface area contributed by atoms with Gasteiger partial charge in [0.25, 0.3) is 0 Å². The highest BCUT2D eigenvalue weighted by molar-refractivity contribution is 14.0. The second-order valence-electron chi connectivity index (χ2n) is 6.47. The lowest BCUT2D eigenvalue weighted by Gasteiger charge is -2.13. The van der Waals surface area contributed by atoms with Gasteiger partial charge in [-0.25, -0.2) is 17.5 Å². The van der Waals surface area contributed by atoms with E-state index in [1.807, 2.05) is 19.1 Å². The number of sulfonamides is 1. The van der Waals surface area contributed by atoms with Crippen molar-refractivity contribution in [2.45, 2.75) is 25.2 Å². The number of aliphatic imine (C=N–C) groups is 1. The third-order valence-electron chi connectivity index (χ3n) is 4.16. The fourth-order valence-electron chi connectivity index (χ4n) is 2.68. The second-order valence-corrected chi connectivity index (χ2v) is 8.21. The number of guanidine groups is 1. The predicted octanol–water partition coefficient (Wildman–Crippen LogP) is 2.75. The molecule has 0 bridgehead atoms. The number of nitrogens with one attached hydrogen (secondary N) is 3. The Kier molecular flexibility index (Phi) is 10.5. The zero-order chi connectivity index (χ0) is 20.6. The quantitative estimate of drug-likeness (QED) is 0.211. The van der Waals surface area contributed by atoms with Crippen LogP contribution in [0.5, 0.6) is 0 Å². The first-order valence-corrected chi connectivity index (χ1v) is 10.6. The Bertz CT molecular complexity index is 936. The maximum absolute atomic E-state index is 13.2. The van der Waals surface area contributed by atoms with Gasteiger partial charge in [0.15, 0.2) is 5.96 Å². The van der Waals surface area contributed by atoms with E-state index in [0.29, 0.717) is 35.9 Å². The molecule has 0 heterocycles. The Morgan fingerprint density at radius 3 is 2.45 bits per heavy atom. The molecule has 0 saturated heterocycles. The van der Waals surface area contributed by atoms with E-state index in [2.05, 4.69) is 20.3 Å². The molecule has 0 aromatic heterocycles. The second kappa shape index (κ2) is 12.1. The van der Waals surface area contributed by atoms with Crippen LogP contribution >= 0.6 is 24.0 Å². The van der Waals surface area contributed by atoms with Crippen LogP contribution in [-0.4, -0.2) is 41.1 Å². The number of nitrogens with zero attached hydrogens (tertiary/aromatic N) is 1. The van der Waals surface area contributed by atoms with Gasteiger partial charge in [0.1, 0.15) is 5.82 Å². The lowest BCUT2D eigenvalue weighted by Crippen LogP contribution is -2.42. The first kappa shape index (κ1) is 25.3. The number of benzene rings is 2. The molecule has 0 aliphatic carbocycles. The molecule has 3 N–H and O–H groups in total. The molecule has 9 heteroatoms. The van der Waals surface area contributed by atoms with Gasteiger partial charge in [0.2, 0.25) is 10.0 Å². The van der Waals surface area contributed by atoms with Crippen LogP contribution in [0.15, 0.2) is 52.4 Å². The molecule has 29 heavy (non-hydrogen) atoms. The number of rotatable bonds is 8. The van der Waals surface area contributed by atoms with E-state index in [1.54, 1.807) is 32.2 Å². The maximum atomic E-state index is 13.2. The van der Waals surface area contributed by atoms with E-state index in [1.165, 1.54) is 12.1 Å². The van der Waals surface area contributed by atoms with Crippen LogP contribution in [-0.2, 0) is 16.4 Å². The van der Waals surface area contributed by atoms with Crippen LogP contribution in [0, 0.1) is 19.7 Å². The fourth-order valence-corrected chi connectivity index (χ4v) is 4.04. The monoisotopic (exact) mass is 534 g/mol. The van der Waals surface area contributed by atoms with Crippen molar-refractivity contribution in [1.82, 2.24) is 15.4 Å². The molecule has 6 nitrogen and oxygen atoms in total. The van der Waals surface area contributed by atoms with Crippen molar-refractivity contribution in [3.8, 4) is 0 Å². The summed E-state index contributed by atoms with van der Waals surface area (Å²) in [6.07, 6.45) is 0.651.